The molecule has 3 rings (SSSR count). The molecule has 1 fully saturated rings. The smallest absolute Gasteiger partial charge is 0.449 e. The second kappa shape index (κ2) is 10.4. The van der Waals surface area contributed by atoms with Gasteiger partial charge in [-0.3, -0.25) is 14.5 Å². The Balaban J connectivity index is 1.72. The standard InChI is InChI=1S/C18H20N6O8S2/c1-23(2)17(27)31-5-3-4-8-6-33-15-11(13(26)24(15)14(8)32-18(28)29)21-12(25)10(22-30)9-7-34-16(19)20-9/h3-4,7,11,15,30H,5-6H2,1-2H3,(H2,19,20)(H,21,25)(H,28,29)/b4-3-,22-10-/t11?,15-/m0/s1. The van der Waals surface area contributed by atoms with Gasteiger partial charge in [0.1, 0.15) is 23.7 Å². The number of β-lactam (4-membered cyclic amide) rings is 1. The monoisotopic (exact) mass is 512 g/mol. The Hall–Kier alpha value is -3.79. The second-order valence-corrected chi connectivity index (χ2v) is 8.95. The van der Waals surface area contributed by atoms with Crippen molar-refractivity contribution < 1.29 is 39.0 Å². The van der Waals surface area contributed by atoms with E-state index in [0.717, 1.165) is 16.2 Å². The molecule has 1 unspecified atom stereocenters. The van der Waals surface area contributed by atoms with Gasteiger partial charge in [0.25, 0.3) is 11.8 Å². The number of thiazole rings is 1. The summed E-state index contributed by atoms with van der Waals surface area (Å²) in [6, 6.07) is -1.02. The molecular weight excluding hydrogens is 492 g/mol. The Morgan fingerprint density at radius 2 is 2.18 bits per heavy atom. The molecule has 2 aliphatic heterocycles. The van der Waals surface area contributed by atoms with Gasteiger partial charge in [-0.2, -0.15) is 0 Å². The quantitative estimate of drug-likeness (QED) is 0.130. The van der Waals surface area contributed by atoms with Gasteiger partial charge in [0.2, 0.25) is 5.88 Å². The molecule has 0 spiro atoms. The lowest BCUT2D eigenvalue weighted by Gasteiger charge is -2.48. The van der Waals surface area contributed by atoms with Crippen LogP contribution in [0.15, 0.2) is 34.1 Å². The maximum atomic E-state index is 12.8. The van der Waals surface area contributed by atoms with Gasteiger partial charge < -0.3 is 35.7 Å². The van der Waals surface area contributed by atoms with Gasteiger partial charge in [0.15, 0.2) is 10.8 Å². The number of anilines is 1. The lowest BCUT2D eigenvalue weighted by atomic mass is 10.1. The Labute approximate surface area is 200 Å². The number of carbonyl (C=O) groups excluding carboxylic acids is 3. The van der Waals surface area contributed by atoms with Crippen molar-refractivity contribution in [2.75, 3.05) is 32.2 Å². The molecule has 14 nitrogen and oxygen atoms in total. The number of hydrogen-bond donors (Lipinski definition) is 4. The highest BCUT2D eigenvalue weighted by Crippen LogP contribution is 2.41. The minimum Gasteiger partial charge on any atom is -0.449 e. The van der Waals surface area contributed by atoms with E-state index in [9.17, 15) is 24.4 Å². The van der Waals surface area contributed by atoms with E-state index in [-0.39, 0.29) is 29.1 Å². The summed E-state index contributed by atoms with van der Waals surface area (Å²) in [5.74, 6) is -1.44. The number of ether oxygens (including phenoxy) is 2. The highest BCUT2D eigenvalue weighted by atomic mass is 32.2. The molecule has 2 aliphatic rings. The first-order valence-electron chi connectivity index (χ1n) is 9.47. The first-order chi connectivity index (χ1) is 16.1. The van der Waals surface area contributed by atoms with Crippen molar-refractivity contribution in [1.29, 1.82) is 0 Å². The van der Waals surface area contributed by atoms with Crippen LogP contribution in [0.5, 0.6) is 0 Å². The number of hydrogen-bond acceptors (Lipinski definition) is 12. The van der Waals surface area contributed by atoms with Crippen LogP contribution in [-0.4, -0.2) is 92.7 Å². The molecule has 3 amide bonds. The number of amides is 3. The van der Waals surface area contributed by atoms with Crippen LogP contribution in [0, 0.1) is 0 Å². The summed E-state index contributed by atoms with van der Waals surface area (Å²) in [5, 5.41) is 24.7. The number of rotatable bonds is 7. The molecule has 1 saturated heterocycles. The molecule has 2 atom stereocenters. The van der Waals surface area contributed by atoms with E-state index >= 15 is 0 Å². The summed E-state index contributed by atoms with van der Waals surface area (Å²) in [5.41, 5.74) is 5.53. The number of nitrogen functional groups attached to an aromatic ring is 1. The number of fused-ring (bicyclic) bond motifs is 1. The van der Waals surface area contributed by atoms with Crippen molar-refractivity contribution in [3.63, 3.8) is 0 Å². The summed E-state index contributed by atoms with van der Waals surface area (Å²) in [6.07, 6.45) is 0.797. The number of nitrogens with two attached hydrogens (primary N) is 1. The molecule has 5 N–H and O–H groups in total. The van der Waals surface area contributed by atoms with Crippen LogP contribution in [0.3, 0.4) is 0 Å². The predicted octanol–water partition coefficient (Wildman–Crippen LogP) is 0.464. The van der Waals surface area contributed by atoms with Crippen LogP contribution in [-0.2, 0) is 19.1 Å². The summed E-state index contributed by atoms with van der Waals surface area (Å²) < 4.78 is 9.81. The molecule has 182 valence electrons. The van der Waals surface area contributed by atoms with Crippen LogP contribution in [0.1, 0.15) is 5.69 Å². The molecule has 1 aromatic heterocycles. The van der Waals surface area contributed by atoms with Crippen LogP contribution < -0.4 is 11.1 Å². The van der Waals surface area contributed by atoms with Crippen LogP contribution in [0.4, 0.5) is 14.7 Å². The van der Waals surface area contributed by atoms with Crippen LogP contribution in [0.25, 0.3) is 0 Å². The van der Waals surface area contributed by atoms with E-state index in [0.29, 0.717) is 5.57 Å². The highest BCUT2D eigenvalue weighted by Gasteiger charge is 2.54. The summed E-state index contributed by atoms with van der Waals surface area (Å²) in [4.78, 5) is 54.2. The van der Waals surface area contributed by atoms with Gasteiger partial charge in [0.05, 0.1) is 0 Å². The van der Waals surface area contributed by atoms with E-state index in [2.05, 4.69) is 15.5 Å². The minimum atomic E-state index is -1.62. The molecule has 0 radical (unpaired) electrons. The number of nitrogens with one attached hydrogen (secondary N) is 1. The van der Waals surface area contributed by atoms with Gasteiger partial charge in [-0.05, 0) is 6.08 Å². The van der Waals surface area contributed by atoms with Crippen LogP contribution >= 0.6 is 23.1 Å². The average molecular weight is 513 g/mol. The van der Waals surface area contributed by atoms with Crippen molar-refractivity contribution in [2.24, 2.45) is 5.16 Å². The van der Waals surface area contributed by atoms with E-state index < -0.39 is 41.2 Å². The maximum absolute atomic E-state index is 12.8. The fourth-order valence-corrected chi connectivity index (χ4v) is 4.79. The normalized spacial score (nSPS) is 20.0. The Morgan fingerprint density at radius 3 is 2.76 bits per heavy atom. The third-order valence-corrected chi connectivity index (χ3v) is 6.46. The number of carbonyl (C=O) groups is 4. The molecule has 34 heavy (non-hydrogen) atoms. The molecule has 1 aromatic rings. The van der Waals surface area contributed by atoms with Gasteiger partial charge in [-0.25, -0.2) is 14.6 Å². The molecule has 0 aromatic carbocycles. The zero-order valence-corrected chi connectivity index (χ0v) is 19.5. The van der Waals surface area contributed by atoms with Crippen molar-refractivity contribution in [1.82, 2.24) is 20.1 Å². The Kier molecular flexibility index (Phi) is 7.62. The van der Waals surface area contributed by atoms with Crippen molar-refractivity contribution in [2.45, 2.75) is 11.4 Å². The summed E-state index contributed by atoms with van der Waals surface area (Å²) >= 11 is 2.29. The van der Waals surface area contributed by atoms with E-state index in [1.54, 1.807) is 0 Å². The molecular formula is C18H20N6O8S2. The molecule has 0 aliphatic carbocycles. The van der Waals surface area contributed by atoms with Gasteiger partial charge >= 0.3 is 12.2 Å². The third kappa shape index (κ3) is 5.23. The van der Waals surface area contributed by atoms with Crippen molar-refractivity contribution in [3.05, 3.63) is 34.7 Å². The van der Waals surface area contributed by atoms with Gasteiger partial charge in [-0.15, -0.1) is 23.1 Å². The predicted molar refractivity (Wildman–Crippen MR) is 120 cm³/mol. The molecule has 0 bridgehead atoms. The van der Waals surface area contributed by atoms with Crippen molar-refractivity contribution in [3.8, 4) is 0 Å². The van der Waals surface area contributed by atoms with Gasteiger partial charge in [-0.1, -0.05) is 11.2 Å². The maximum Gasteiger partial charge on any atom is 0.512 e. The number of oxime groups is 1. The number of aromatic nitrogens is 1. The number of nitrogens with zero attached hydrogens (tertiary/aromatic N) is 4. The first-order valence-corrected chi connectivity index (χ1v) is 11.4. The topological polar surface area (TPSA) is 197 Å². The van der Waals surface area contributed by atoms with E-state index in [1.165, 1.54) is 48.3 Å². The molecule has 0 saturated carbocycles. The summed E-state index contributed by atoms with van der Waals surface area (Å²) in [6.45, 7) is -0.0774. The Bertz CT molecular complexity index is 1100. The fraction of sp³-hybridized carbons (Fsp3) is 0.333. The minimum absolute atomic E-state index is 0.0413. The lowest BCUT2D eigenvalue weighted by molar-refractivity contribution is -0.148. The van der Waals surface area contributed by atoms with E-state index in [1.807, 2.05) is 0 Å². The first kappa shape index (κ1) is 24.8. The summed E-state index contributed by atoms with van der Waals surface area (Å²) in [7, 11) is 3.05. The zero-order chi connectivity index (χ0) is 25.0. The fourth-order valence-electron chi connectivity index (χ4n) is 2.95. The molecule has 3 heterocycles. The number of carboxylic acid groups (broad SMARTS) is 1. The average Bonchev–Trinajstić information content (AvgIpc) is 3.20. The second-order valence-electron chi connectivity index (χ2n) is 6.95. The molecule has 16 heteroatoms. The van der Waals surface area contributed by atoms with E-state index in [4.69, 9.17) is 20.3 Å². The Morgan fingerprint density at radius 1 is 1.44 bits per heavy atom. The SMILES string of the molecule is CN(C)C(=O)OC/C=C\C1=C(OC(=O)O)N2C(=O)C(NC(=O)/C(=N\O)c3csc(N)n3)[C@@H]2SC1. The van der Waals surface area contributed by atoms with Crippen LogP contribution in [0.2, 0.25) is 0 Å². The number of allylic oxidation sites excluding steroid dienone is 1. The largest absolute Gasteiger partial charge is 0.512 e. The lowest BCUT2D eigenvalue weighted by Crippen LogP contribution is -2.70. The van der Waals surface area contributed by atoms with Gasteiger partial charge in [0, 0.05) is 30.8 Å². The number of thioether (sulfide) groups is 1. The van der Waals surface area contributed by atoms with Crippen molar-refractivity contribution >= 4 is 58.0 Å². The third-order valence-electron chi connectivity index (χ3n) is 4.48. The highest BCUT2D eigenvalue weighted by molar-refractivity contribution is 8.00. The zero-order valence-electron chi connectivity index (χ0n) is 17.8.